The maximum atomic E-state index is 13.0. The third-order valence-corrected chi connectivity index (χ3v) is 3.09. The van der Waals surface area contributed by atoms with Gasteiger partial charge in [0.15, 0.2) is 0 Å². The molecule has 21 heavy (non-hydrogen) atoms. The Morgan fingerprint density at radius 2 is 1.81 bits per heavy atom. The van der Waals surface area contributed by atoms with Gasteiger partial charge in [-0.3, -0.25) is 14.5 Å². The minimum atomic E-state index is -1.01. The highest BCUT2D eigenvalue weighted by Gasteiger charge is 2.26. The standard InChI is InChI=1S/C14H16F2N2O3/c15-10-3-11(16)5-12(4-10)17-13(19)7-18(8-14(20)21)6-9-1-2-9/h3-5,9H,1-2,6-8H2,(H,17,19)(H,20,21). The van der Waals surface area contributed by atoms with E-state index in [9.17, 15) is 18.4 Å². The minimum Gasteiger partial charge on any atom is -0.480 e. The Kier molecular flexibility index (Phi) is 4.85. The number of carboxylic acids is 1. The summed E-state index contributed by atoms with van der Waals surface area (Å²) in [5, 5.41) is 11.2. The number of carbonyl (C=O) groups excluding carboxylic acids is 1. The number of hydrogen-bond donors (Lipinski definition) is 2. The number of anilines is 1. The zero-order valence-electron chi connectivity index (χ0n) is 11.3. The van der Waals surface area contributed by atoms with Crippen LogP contribution in [0, 0.1) is 17.6 Å². The summed E-state index contributed by atoms with van der Waals surface area (Å²) < 4.78 is 26.0. The number of rotatable bonds is 7. The van der Waals surface area contributed by atoms with Crippen molar-refractivity contribution in [1.29, 1.82) is 0 Å². The molecule has 1 aromatic carbocycles. The van der Waals surface area contributed by atoms with Crippen LogP contribution in [0.1, 0.15) is 12.8 Å². The van der Waals surface area contributed by atoms with Gasteiger partial charge in [0.1, 0.15) is 11.6 Å². The molecular formula is C14H16F2N2O3. The van der Waals surface area contributed by atoms with Gasteiger partial charge in [-0.25, -0.2) is 8.78 Å². The van der Waals surface area contributed by atoms with E-state index >= 15 is 0 Å². The minimum absolute atomic E-state index is 0.0131. The monoisotopic (exact) mass is 298 g/mol. The SMILES string of the molecule is O=C(O)CN(CC(=O)Nc1cc(F)cc(F)c1)CC1CC1. The molecule has 1 fully saturated rings. The number of halogens is 2. The highest BCUT2D eigenvalue weighted by molar-refractivity contribution is 5.92. The Labute approximate surface area is 120 Å². The number of hydrogen-bond acceptors (Lipinski definition) is 3. The number of benzene rings is 1. The average Bonchev–Trinajstić information content (AvgIpc) is 3.09. The zero-order chi connectivity index (χ0) is 15.4. The number of amides is 1. The van der Waals surface area contributed by atoms with E-state index in [-0.39, 0.29) is 18.8 Å². The van der Waals surface area contributed by atoms with Crippen molar-refractivity contribution in [3.63, 3.8) is 0 Å². The summed E-state index contributed by atoms with van der Waals surface area (Å²) in [5.74, 6) is -2.65. The maximum absolute atomic E-state index is 13.0. The fraction of sp³-hybridized carbons (Fsp3) is 0.429. The molecule has 1 aromatic rings. The average molecular weight is 298 g/mol. The largest absolute Gasteiger partial charge is 0.480 e. The van der Waals surface area contributed by atoms with Gasteiger partial charge in [-0.1, -0.05) is 0 Å². The number of carbonyl (C=O) groups is 2. The molecular weight excluding hydrogens is 282 g/mol. The first-order chi connectivity index (χ1) is 9.92. The second-order valence-corrected chi connectivity index (χ2v) is 5.21. The predicted molar refractivity (Wildman–Crippen MR) is 71.8 cm³/mol. The van der Waals surface area contributed by atoms with Crippen LogP contribution >= 0.6 is 0 Å². The molecule has 114 valence electrons. The van der Waals surface area contributed by atoms with Crippen molar-refractivity contribution in [2.45, 2.75) is 12.8 Å². The van der Waals surface area contributed by atoms with E-state index in [1.54, 1.807) is 0 Å². The van der Waals surface area contributed by atoms with Gasteiger partial charge >= 0.3 is 5.97 Å². The van der Waals surface area contributed by atoms with Crippen molar-refractivity contribution in [2.24, 2.45) is 5.92 Å². The molecule has 0 radical (unpaired) electrons. The number of nitrogens with zero attached hydrogens (tertiary/aromatic N) is 1. The normalized spacial score (nSPS) is 14.2. The van der Waals surface area contributed by atoms with Crippen LogP contribution in [0.3, 0.4) is 0 Å². The van der Waals surface area contributed by atoms with Crippen LogP contribution in [0.15, 0.2) is 18.2 Å². The van der Waals surface area contributed by atoms with Crippen LogP contribution in [0.5, 0.6) is 0 Å². The van der Waals surface area contributed by atoms with Crippen LogP contribution in [0.4, 0.5) is 14.5 Å². The molecule has 0 aliphatic heterocycles. The highest BCUT2D eigenvalue weighted by Crippen LogP contribution is 2.29. The van der Waals surface area contributed by atoms with Crippen LogP contribution in [0.25, 0.3) is 0 Å². The summed E-state index contributed by atoms with van der Waals surface area (Å²) in [6.07, 6.45) is 2.07. The highest BCUT2D eigenvalue weighted by atomic mass is 19.1. The maximum Gasteiger partial charge on any atom is 0.317 e. The summed E-state index contributed by atoms with van der Waals surface area (Å²) >= 11 is 0. The Morgan fingerprint density at radius 1 is 1.19 bits per heavy atom. The van der Waals surface area contributed by atoms with Gasteiger partial charge in [0.2, 0.25) is 5.91 Å². The van der Waals surface area contributed by atoms with Gasteiger partial charge in [-0.15, -0.1) is 0 Å². The van der Waals surface area contributed by atoms with E-state index in [4.69, 9.17) is 5.11 Å². The lowest BCUT2D eigenvalue weighted by atomic mass is 10.3. The molecule has 0 spiro atoms. The molecule has 2 N–H and O–H groups in total. The third kappa shape index (κ3) is 5.47. The smallest absolute Gasteiger partial charge is 0.317 e. The van der Waals surface area contributed by atoms with E-state index in [0.29, 0.717) is 18.5 Å². The molecule has 0 unspecified atom stereocenters. The first kappa shape index (κ1) is 15.4. The van der Waals surface area contributed by atoms with Crippen molar-refractivity contribution in [3.05, 3.63) is 29.8 Å². The molecule has 2 rings (SSSR count). The molecule has 0 bridgehead atoms. The topological polar surface area (TPSA) is 69.6 Å². The molecule has 1 saturated carbocycles. The van der Waals surface area contributed by atoms with E-state index in [1.165, 1.54) is 4.90 Å². The third-order valence-electron chi connectivity index (χ3n) is 3.09. The van der Waals surface area contributed by atoms with Gasteiger partial charge in [0, 0.05) is 18.3 Å². The predicted octanol–water partition coefficient (Wildman–Crippen LogP) is 1.70. The van der Waals surface area contributed by atoms with Gasteiger partial charge in [0.25, 0.3) is 0 Å². The summed E-state index contributed by atoms with van der Waals surface area (Å²) in [6.45, 7) is 0.180. The first-order valence-corrected chi connectivity index (χ1v) is 6.62. The molecule has 1 amide bonds. The Hall–Kier alpha value is -2.02. The second kappa shape index (κ2) is 6.62. The van der Waals surface area contributed by atoms with E-state index in [2.05, 4.69) is 5.32 Å². The fourth-order valence-electron chi connectivity index (χ4n) is 2.07. The summed E-state index contributed by atoms with van der Waals surface area (Å²) in [5.41, 5.74) is 0.0131. The fourth-order valence-corrected chi connectivity index (χ4v) is 2.07. The van der Waals surface area contributed by atoms with Gasteiger partial charge in [-0.2, -0.15) is 0 Å². The number of aliphatic carboxylic acids is 1. The van der Waals surface area contributed by atoms with Gasteiger partial charge < -0.3 is 10.4 Å². The molecule has 0 atom stereocenters. The lowest BCUT2D eigenvalue weighted by molar-refractivity contribution is -0.138. The van der Waals surface area contributed by atoms with Crippen LogP contribution in [-0.2, 0) is 9.59 Å². The number of carboxylic acid groups (broad SMARTS) is 1. The van der Waals surface area contributed by atoms with Crippen molar-refractivity contribution in [2.75, 3.05) is 25.0 Å². The lowest BCUT2D eigenvalue weighted by Gasteiger charge is -2.19. The van der Waals surface area contributed by atoms with E-state index < -0.39 is 23.5 Å². The summed E-state index contributed by atoms with van der Waals surface area (Å²) in [4.78, 5) is 24.1. The lowest BCUT2D eigenvalue weighted by Crippen LogP contribution is -2.38. The molecule has 5 nitrogen and oxygen atoms in total. The molecule has 7 heteroatoms. The van der Waals surface area contributed by atoms with Crippen molar-refractivity contribution in [1.82, 2.24) is 4.90 Å². The van der Waals surface area contributed by atoms with Gasteiger partial charge in [0.05, 0.1) is 13.1 Å². The molecule has 1 aliphatic rings. The van der Waals surface area contributed by atoms with Crippen LogP contribution in [0.2, 0.25) is 0 Å². The molecule has 0 aromatic heterocycles. The Bertz CT molecular complexity index is 527. The van der Waals surface area contributed by atoms with E-state index in [1.807, 2.05) is 0 Å². The first-order valence-electron chi connectivity index (χ1n) is 6.62. The molecule has 1 aliphatic carbocycles. The van der Waals surface area contributed by atoms with E-state index in [0.717, 1.165) is 25.0 Å². The molecule has 0 heterocycles. The van der Waals surface area contributed by atoms with Crippen LogP contribution < -0.4 is 5.32 Å². The zero-order valence-corrected chi connectivity index (χ0v) is 11.3. The van der Waals surface area contributed by atoms with Crippen molar-refractivity contribution >= 4 is 17.6 Å². The summed E-state index contributed by atoms with van der Waals surface area (Å²) in [7, 11) is 0. The molecule has 0 saturated heterocycles. The Morgan fingerprint density at radius 3 is 2.33 bits per heavy atom. The number of nitrogens with one attached hydrogen (secondary N) is 1. The quantitative estimate of drug-likeness (QED) is 0.804. The van der Waals surface area contributed by atoms with Crippen molar-refractivity contribution in [3.8, 4) is 0 Å². The van der Waals surface area contributed by atoms with Gasteiger partial charge in [-0.05, 0) is 30.9 Å². The van der Waals surface area contributed by atoms with Crippen molar-refractivity contribution < 1.29 is 23.5 Å². The van der Waals surface area contributed by atoms with Crippen LogP contribution in [-0.4, -0.2) is 41.5 Å². The summed E-state index contributed by atoms with van der Waals surface area (Å²) in [6, 6.07) is 2.71. The Balaban J connectivity index is 1.92. The second-order valence-electron chi connectivity index (χ2n) is 5.21.